The molecule has 120 valence electrons. The molecule has 0 fully saturated rings. The number of rotatable bonds is 3. The summed E-state index contributed by atoms with van der Waals surface area (Å²) in [6.45, 7) is 1.63. The smallest absolute Gasteiger partial charge is 0.278 e. The van der Waals surface area contributed by atoms with Crippen molar-refractivity contribution in [1.29, 1.82) is 0 Å². The van der Waals surface area contributed by atoms with Crippen LogP contribution in [0.25, 0.3) is 21.9 Å². The number of aromatic amines is 1. The van der Waals surface area contributed by atoms with E-state index in [9.17, 15) is 9.59 Å². The number of nitrogens with one attached hydrogen (secondary N) is 1. The third-order valence-corrected chi connectivity index (χ3v) is 3.57. The van der Waals surface area contributed by atoms with Gasteiger partial charge in [-0.2, -0.15) is 4.80 Å². The molecule has 0 radical (unpaired) electrons. The Morgan fingerprint density at radius 3 is 2.35 bits per heavy atom. The highest BCUT2D eigenvalue weighted by Gasteiger charge is 2.16. The maximum absolute atomic E-state index is 12.7. The van der Waals surface area contributed by atoms with Crippen LogP contribution in [0.1, 0.15) is 12.4 Å². The molecule has 3 aromatic rings. The van der Waals surface area contributed by atoms with Crippen LogP contribution in [0.4, 0.5) is 0 Å². The molecular formula is C14H13ClN4O4. The summed E-state index contributed by atoms with van der Waals surface area (Å²) in [4.78, 5) is 28.8. The highest BCUT2D eigenvalue weighted by Crippen LogP contribution is 2.29. The van der Waals surface area contributed by atoms with Crippen molar-refractivity contribution in [1.82, 2.24) is 20.0 Å². The molecule has 0 aliphatic carbocycles. The van der Waals surface area contributed by atoms with Gasteiger partial charge in [-0.25, -0.2) is 0 Å². The van der Waals surface area contributed by atoms with Crippen LogP contribution in [0.5, 0.6) is 11.5 Å². The number of ether oxygens (including phenoxy) is 2. The Hall–Kier alpha value is -2.61. The zero-order chi connectivity index (χ0) is 16.7. The van der Waals surface area contributed by atoms with Crippen molar-refractivity contribution in [3.63, 3.8) is 0 Å². The van der Waals surface area contributed by atoms with E-state index in [0.717, 1.165) is 4.80 Å². The molecular weight excluding hydrogens is 324 g/mol. The van der Waals surface area contributed by atoms with Gasteiger partial charge in [-0.3, -0.25) is 9.59 Å². The Kier molecular flexibility index (Phi) is 3.69. The van der Waals surface area contributed by atoms with Gasteiger partial charge in [-0.15, -0.1) is 10.2 Å². The molecule has 8 nitrogen and oxygen atoms in total. The number of H-pyrrole nitrogens is 1. The van der Waals surface area contributed by atoms with Crippen molar-refractivity contribution in [3.05, 3.63) is 32.7 Å². The molecule has 0 aliphatic rings. The first-order valence-corrected chi connectivity index (χ1v) is 7.13. The minimum Gasteiger partial charge on any atom is -0.493 e. The summed E-state index contributed by atoms with van der Waals surface area (Å²) in [6, 6.07) is 3.02. The van der Waals surface area contributed by atoms with E-state index < -0.39 is 16.5 Å². The quantitative estimate of drug-likeness (QED) is 0.726. The molecule has 0 amide bonds. The minimum absolute atomic E-state index is 0.0547. The fourth-order valence-corrected chi connectivity index (χ4v) is 2.35. The molecule has 1 atom stereocenters. The maximum Gasteiger partial charge on any atom is 0.278 e. The lowest BCUT2D eigenvalue weighted by atomic mass is 10.2. The van der Waals surface area contributed by atoms with E-state index in [-0.39, 0.29) is 16.4 Å². The van der Waals surface area contributed by atoms with E-state index in [1.807, 2.05) is 0 Å². The predicted molar refractivity (Wildman–Crippen MR) is 85.6 cm³/mol. The summed E-state index contributed by atoms with van der Waals surface area (Å²) in [5, 5.41) is 8.26. The maximum atomic E-state index is 12.7. The normalized spacial score (nSPS) is 12.5. The second kappa shape index (κ2) is 5.54. The zero-order valence-corrected chi connectivity index (χ0v) is 13.3. The summed E-state index contributed by atoms with van der Waals surface area (Å²) >= 11 is 5.90. The number of benzene rings is 1. The number of halogens is 1. The Morgan fingerprint density at radius 2 is 1.74 bits per heavy atom. The average molecular weight is 337 g/mol. The van der Waals surface area contributed by atoms with Crippen molar-refractivity contribution >= 4 is 33.5 Å². The number of hydrogen-bond acceptors (Lipinski definition) is 6. The molecule has 0 saturated heterocycles. The van der Waals surface area contributed by atoms with Gasteiger partial charge in [0.1, 0.15) is 5.50 Å². The molecule has 0 aliphatic heterocycles. The summed E-state index contributed by atoms with van der Waals surface area (Å²) in [5.41, 5.74) is -1.39. The molecule has 0 saturated carbocycles. The van der Waals surface area contributed by atoms with Gasteiger partial charge < -0.3 is 14.5 Å². The van der Waals surface area contributed by atoms with E-state index in [1.165, 1.54) is 26.4 Å². The van der Waals surface area contributed by atoms with E-state index in [1.54, 1.807) is 6.92 Å². The topological polar surface area (TPSA) is 99.1 Å². The van der Waals surface area contributed by atoms with Crippen LogP contribution >= 0.6 is 11.6 Å². The van der Waals surface area contributed by atoms with Crippen LogP contribution in [0.2, 0.25) is 0 Å². The van der Waals surface area contributed by atoms with Crippen LogP contribution in [-0.2, 0) is 0 Å². The van der Waals surface area contributed by atoms with E-state index in [2.05, 4.69) is 15.2 Å². The first-order valence-electron chi connectivity index (χ1n) is 6.69. The van der Waals surface area contributed by atoms with Crippen LogP contribution in [0.3, 0.4) is 0 Å². The number of fused-ring (bicyclic) bond motifs is 2. The third kappa shape index (κ3) is 2.40. The van der Waals surface area contributed by atoms with Gasteiger partial charge in [0, 0.05) is 6.07 Å². The molecule has 1 unspecified atom stereocenters. The van der Waals surface area contributed by atoms with E-state index in [0.29, 0.717) is 17.0 Å². The van der Waals surface area contributed by atoms with Gasteiger partial charge >= 0.3 is 0 Å². The van der Waals surface area contributed by atoms with Crippen LogP contribution in [0, 0.1) is 0 Å². The Bertz CT molecular complexity index is 1030. The van der Waals surface area contributed by atoms with Gasteiger partial charge in [0.15, 0.2) is 22.5 Å². The second-order valence-electron chi connectivity index (χ2n) is 4.83. The largest absolute Gasteiger partial charge is 0.493 e. The van der Waals surface area contributed by atoms with Crippen LogP contribution < -0.4 is 20.5 Å². The number of aromatic nitrogens is 4. The lowest BCUT2D eigenvalue weighted by molar-refractivity contribution is 0.356. The van der Waals surface area contributed by atoms with Gasteiger partial charge in [0.05, 0.1) is 25.1 Å². The highest BCUT2D eigenvalue weighted by atomic mass is 35.5. The van der Waals surface area contributed by atoms with Crippen molar-refractivity contribution < 1.29 is 9.47 Å². The third-order valence-electron chi connectivity index (χ3n) is 3.39. The standard InChI is InChI=1S/C14H13ClN4O4/c1-6(15)19-17-11-12(18-19)14(21)16-8-5-10(23-3)9(22-2)4-7(8)13(11)20/h4-6H,1-3H3,(H,16,21). The Morgan fingerprint density at radius 1 is 1.13 bits per heavy atom. The zero-order valence-electron chi connectivity index (χ0n) is 12.6. The lowest BCUT2D eigenvalue weighted by Crippen LogP contribution is -2.06. The molecule has 1 aromatic carbocycles. The monoisotopic (exact) mass is 336 g/mol. The molecule has 2 heterocycles. The molecule has 0 bridgehead atoms. The van der Waals surface area contributed by atoms with Crippen molar-refractivity contribution in [2.75, 3.05) is 14.2 Å². The summed E-state index contributed by atoms with van der Waals surface area (Å²) in [7, 11) is 2.92. The molecule has 2 aromatic heterocycles. The second-order valence-corrected chi connectivity index (χ2v) is 5.46. The fourth-order valence-electron chi connectivity index (χ4n) is 2.27. The van der Waals surface area contributed by atoms with Crippen molar-refractivity contribution in [3.8, 4) is 11.5 Å². The number of hydrogen-bond donors (Lipinski definition) is 1. The summed E-state index contributed by atoms with van der Waals surface area (Å²) in [5.74, 6) is 0.765. The van der Waals surface area contributed by atoms with Crippen molar-refractivity contribution in [2.24, 2.45) is 0 Å². The number of alkyl halides is 1. The molecule has 0 spiro atoms. The highest BCUT2D eigenvalue weighted by molar-refractivity contribution is 6.18. The molecule has 3 rings (SSSR count). The molecule has 1 N–H and O–H groups in total. The molecule has 23 heavy (non-hydrogen) atoms. The summed E-state index contributed by atoms with van der Waals surface area (Å²) in [6.07, 6.45) is 0. The fraction of sp³-hybridized carbons (Fsp3) is 0.286. The number of nitrogens with zero attached hydrogens (tertiary/aromatic N) is 3. The van der Waals surface area contributed by atoms with Crippen molar-refractivity contribution in [2.45, 2.75) is 12.4 Å². The average Bonchev–Trinajstić information content (AvgIpc) is 2.96. The van der Waals surface area contributed by atoms with E-state index >= 15 is 0 Å². The van der Waals surface area contributed by atoms with Crippen LogP contribution in [-0.4, -0.2) is 34.2 Å². The van der Waals surface area contributed by atoms with Gasteiger partial charge in [0.25, 0.3) is 5.56 Å². The van der Waals surface area contributed by atoms with Gasteiger partial charge in [0.2, 0.25) is 5.43 Å². The van der Waals surface area contributed by atoms with E-state index in [4.69, 9.17) is 21.1 Å². The summed E-state index contributed by atoms with van der Waals surface area (Å²) < 4.78 is 10.4. The Balaban J connectivity index is 2.51. The Labute approximate surface area is 134 Å². The van der Waals surface area contributed by atoms with Crippen LogP contribution in [0.15, 0.2) is 21.7 Å². The first kappa shape index (κ1) is 15.3. The first-order chi connectivity index (χ1) is 11.0. The van der Waals surface area contributed by atoms with Gasteiger partial charge in [-0.05, 0) is 13.0 Å². The number of methoxy groups -OCH3 is 2. The lowest BCUT2D eigenvalue weighted by Gasteiger charge is -2.07. The van der Waals surface area contributed by atoms with Gasteiger partial charge in [-0.1, -0.05) is 11.6 Å². The molecule has 9 heteroatoms. The predicted octanol–water partition coefficient (Wildman–Crippen LogP) is 1.41. The minimum atomic E-state index is -0.590. The SMILES string of the molecule is COc1cc2[nH]c(=O)c3nn(C(C)Cl)nc3c(=O)c2cc1OC.